The predicted octanol–water partition coefficient (Wildman–Crippen LogP) is 2.68. The zero-order chi connectivity index (χ0) is 10.5. The second-order valence-electron chi connectivity index (χ2n) is 5.18. The van der Waals surface area contributed by atoms with Crippen LogP contribution in [-0.4, -0.2) is 5.67 Å². The minimum absolute atomic E-state index is 0.0640. The summed E-state index contributed by atoms with van der Waals surface area (Å²) in [4.78, 5) is 0. The van der Waals surface area contributed by atoms with Crippen LogP contribution >= 0.6 is 0 Å². The van der Waals surface area contributed by atoms with E-state index in [-0.39, 0.29) is 5.54 Å². The molecule has 0 amide bonds. The summed E-state index contributed by atoms with van der Waals surface area (Å²) in [7, 11) is 0. The van der Waals surface area contributed by atoms with Gasteiger partial charge in [0.15, 0.2) is 0 Å². The van der Waals surface area contributed by atoms with Crippen LogP contribution < -0.4 is 5.73 Å². The lowest BCUT2D eigenvalue weighted by molar-refractivity contribution is 0.308. The smallest absolute Gasteiger partial charge is 0.115 e. The van der Waals surface area contributed by atoms with Gasteiger partial charge in [-0.2, -0.15) is 0 Å². The average Bonchev–Trinajstić information content (AvgIpc) is 3.10. The number of hydrogen-bond acceptors (Lipinski definition) is 1. The van der Waals surface area contributed by atoms with E-state index in [0.717, 1.165) is 31.2 Å². The summed E-state index contributed by atoms with van der Waals surface area (Å²) in [6, 6.07) is 8.19. The van der Waals surface area contributed by atoms with Gasteiger partial charge in [0.2, 0.25) is 0 Å². The Balaban J connectivity index is 1.76. The van der Waals surface area contributed by atoms with Crippen LogP contribution in [0.15, 0.2) is 24.3 Å². The molecule has 0 aliphatic heterocycles. The molecule has 1 aromatic rings. The Bertz CT molecular complexity index is 374. The standard InChI is InChI=1S/C13H16FN/c14-12(5-6-12)9-10-1-3-11(4-2-10)13(15)7-8-13/h1-4H,5-9,15H2. The molecule has 0 aromatic heterocycles. The Kier molecular flexibility index (Phi) is 1.76. The fourth-order valence-electron chi connectivity index (χ4n) is 2.06. The first kappa shape index (κ1) is 9.34. The topological polar surface area (TPSA) is 26.0 Å². The van der Waals surface area contributed by atoms with Crippen molar-refractivity contribution >= 4 is 0 Å². The number of rotatable bonds is 3. The zero-order valence-corrected chi connectivity index (χ0v) is 8.80. The molecular weight excluding hydrogens is 189 g/mol. The van der Waals surface area contributed by atoms with Crippen molar-refractivity contribution < 1.29 is 4.39 Å². The Labute approximate surface area is 89.5 Å². The third-order valence-electron chi connectivity index (χ3n) is 3.63. The van der Waals surface area contributed by atoms with E-state index in [0.29, 0.717) is 6.42 Å². The predicted molar refractivity (Wildman–Crippen MR) is 58.3 cm³/mol. The number of alkyl halides is 1. The minimum atomic E-state index is -0.887. The SMILES string of the molecule is NC1(c2ccc(CC3(F)CC3)cc2)CC1. The molecule has 2 aliphatic rings. The lowest BCUT2D eigenvalue weighted by Crippen LogP contribution is -2.18. The molecule has 1 nitrogen and oxygen atoms in total. The van der Waals surface area contributed by atoms with Gasteiger partial charge in [-0.3, -0.25) is 0 Å². The third kappa shape index (κ3) is 1.78. The molecule has 3 rings (SSSR count). The summed E-state index contributed by atoms with van der Waals surface area (Å²) in [5, 5.41) is 0. The van der Waals surface area contributed by atoms with E-state index in [2.05, 4.69) is 12.1 Å². The Morgan fingerprint density at radius 2 is 1.67 bits per heavy atom. The molecule has 2 fully saturated rings. The maximum Gasteiger partial charge on any atom is 0.115 e. The molecule has 0 atom stereocenters. The normalized spacial score (nSPS) is 24.9. The van der Waals surface area contributed by atoms with Gasteiger partial charge in [0.05, 0.1) is 0 Å². The van der Waals surface area contributed by atoms with Gasteiger partial charge in [-0.25, -0.2) is 4.39 Å². The summed E-state index contributed by atoms with van der Waals surface area (Å²) < 4.78 is 13.5. The third-order valence-corrected chi connectivity index (χ3v) is 3.63. The molecule has 15 heavy (non-hydrogen) atoms. The van der Waals surface area contributed by atoms with Gasteiger partial charge in [0.1, 0.15) is 5.67 Å². The fourth-order valence-corrected chi connectivity index (χ4v) is 2.06. The molecule has 0 heterocycles. The summed E-state index contributed by atoms with van der Waals surface area (Å²) in [5.74, 6) is 0. The van der Waals surface area contributed by atoms with Crippen LogP contribution in [0.3, 0.4) is 0 Å². The highest BCUT2D eigenvalue weighted by Crippen LogP contribution is 2.44. The quantitative estimate of drug-likeness (QED) is 0.806. The first-order valence-corrected chi connectivity index (χ1v) is 5.67. The monoisotopic (exact) mass is 205 g/mol. The van der Waals surface area contributed by atoms with E-state index < -0.39 is 5.67 Å². The van der Waals surface area contributed by atoms with Crippen molar-refractivity contribution in [3.63, 3.8) is 0 Å². The molecule has 0 radical (unpaired) electrons. The van der Waals surface area contributed by atoms with Crippen LogP contribution in [0.4, 0.5) is 4.39 Å². The average molecular weight is 205 g/mol. The van der Waals surface area contributed by atoms with Crippen molar-refractivity contribution in [2.24, 2.45) is 5.73 Å². The van der Waals surface area contributed by atoms with Crippen molar-refractivity contribution in [2.75, 3.05) is 0 Å². The van der Waals surface area contributed by atoms with E-state index in [4.69, 9.17) is 5.73 Å². The van der Waals surface area contributed by atoms with Crippen LogP contribution in [0, 0.1) is 0 Å². The molecule has 2 aliphatic carbocycles. The van der Waals surface area contributed by atoms with Crippen molar-refractivity contribution in [2.45, 2.75) is 43.3 Å². The first-order valence-electron chi connectivity index (χ1n) is 5.67. The maximum atomic E-state index is 13.5. The van der Waals surface area contributed by atoms with Gasteiger partial charge in [-0.15, -0.1) is 0 Å². The van der Waals surface area contributed by atoms with Gasteiger partial charge in [0, 0.05) is 12.0 Å². The zero-order valence-electron chi connectivity index (χ0n) is 8.80. The van der Waals surface area contributed by atoms with Crippen LogP contribution in [0.1, 0.15) is 36.8 Å². The largest absolute Gasteiger partial charge is 0.321 e. The van der Waals surface area contributed by atoms with Crippen LogP contribution in [0.5, 0.6) is 0 Å². The molecule has 2 heteroatoms. The number of benzene rings is 1. The second-order valence-corrected chi connectivity index (χ2v) is 5.18. The van der Waals surface area contributed by atoms with E-state index >= 15 is 0 Å². The molecule has 0 bridgehead atoms. The van der Waals surface area contributed by atoms with E-state index in [9.17, 15) is 4.39 Å². The molecular formula is C13H16FN. The highest BCUT2D eigenvalue weighted by Gasteiger charge is 2.43. The van der Waals surface area contributed by atoms with E-state index in [1.807, 2.05) is 12.1 Å². The summed E-state index contributed by atoms with van der Waals surface area (Å²) in [6.07, 6.45) is 4.20. The maximum absolute atomic E-state index is 13.5. The number of halogens is 1. The van der Waals surface area contributed by atoms with Gasteiger partial charge >= 0.3 is 0 Å². The van der Waals surface area contributed by atoms with Crippen molar-refractivity contribution in [3.05, 3.63) is 35.4 Å². The van der Waals surface area contributed by atoms with Gasteiger partial charge in [0.25, 0.3) is 0 Å². The highest BCUT2D eigenvalue weighted by atomic mass is 19.1. The van der Waals surface area contributed by atoms with E-state index in [1.54, 1.807) is 0 Å². The molecule has 0 saturated heterocycles. The van der Waals surface area contributed by atoms with Crippen LogP contribution in [-0.2, 0) is 12.0 Å². The minimum Gasteiger partial charge on any atom is -0.321 e. The lowest BCUT2D eigenvalue weighted by Gasteiger charge is -2.10. The van der Waals surface area contributed by atoms with Crippen LogP contribution in [0.2, 0.25) is 0 Å². The fraction of sp³-hybridized carbons (Fsp3) is 0.538. The number of hydrogen-bond donors (Lipinski definition) is 1. The van der Waals surface area contributed by atoms with Crippen molar-refractivity contribution in [1.82, 2.24) is 0 Å². The van der Waals surface area contributed by atoms with Crippen molar-refractivity contribution in [3.8, 4) is 0 Å². The molecule has 1 aromatic carbocycles. The number of nitrogens with two attached hydrogens (primary N) is 1. The molecule has 2 saturated carbocycles. The molecule has 80 valence electrons. The van der Waals surface area contributed by atoms with Gasteiger partial charge < -0.3 is 5.73 Å². The van der Waals surface area contributed by atoms with Gasteiger partial charge in [-0.1, -0.05) is 24.3 Å². The van der Waals surface area contributed by atoms with Crippen LogP contribution in [0.25, 0.3) is 0 Å². The summed E-state index contributed by atoms with van der Waals surface area (Å²) in [5.41, 5.74) is 7.44. The molecule has 2 N–H and O–H groups in total. The Morgan fingerprint density at radius 1 is 1.07 bits per heavy atom. The molecule has 0 unspecified atom stereocenters. The summed E-state index contributed by atoms with van der Waals surface area (Å²) >= 11 is 0. The lowest BCUT2D eigenvalue weighted by atomic mass is 10.0. The second kappa shape index (κ2) is 2.82. The Morgan fingerprint density at radius 3 is 2.13 bits per heavy atom. The Hall–Kier alpha value is -0.890. The van der Waals surface area contributed by atoms with Gasteiger partial charge in [-0.05, 0) is 36.8 Å². The molecule has 0 spiro atoms. The van der Waals surface area contributed by atoms with Crippen molar-refractivity contribution in [1.29, 1.82) is 0 Å². The highest BCUT2D eigenvalue weighted by molar-refractivity contribution is 5.33. The first-order chi connectivity index (χ1) is 7.10. The van der Waals surface area contributed by atoms with E-state index in [1.165, 1.54) is 5.56 Å². The summed E-state index contributed by atoms with van der Waals surface area (Å²) in [6.45, 7) is 0.